The van der Waals surface area contributed by atoms with Gasteiger partial charge >= 0.3 is 5.97 Å². The Hall–Kier alpha value is -2.13. The summed E-state index contributed by atoms with van der Waals surface area (Å²) in [5, 5.41) is 9.67. The molecular weight excluding hydrogens is 322 g/mol. The van der Waals surface area contributed by atoms with Crippen molar-refractivity contribution in [1.82, 2.24) is 4.90 Å². The molecule has 0 bridgehead atoms. The number of hydrogen-bond donors (Lipinski definition) is 1. The quantitative estimate of drug-likeness (QED) is 0.616. The van der Waals surface area contributed by atoms with Gasteiger partial charge in [0, 0.05) is 5.92 Å². The van der Waals surface area contributed by atoms with Crippen LogP contribution in [-0.4, -0.2) is 35.6 Å². The van der Waals surface area contributed by atoms with Crippen LogP contribution in [0.2, 0.25) is 0 Å². The van der Waals surface area contributed by atoms with Crippen LogP contribution in [0.1, 0.15) is 50.2 Å². The van der Waals surface area contributed by atoms with Crippen LogP contribution in [0, 0.1) is 5.92 Å². The van der Waals surface area contributed by atoms with E-state index >= 15 is 0 Å². The minimum absolute atomic E-state index is 0.243. The van der Waals surface area contributed by atoms with E-state index in [0.29, 0.717) is 12.8 Å². The molecule has 140 valence electrons. The van der Waals surface area contributed by atoms with Gasteiger partial charge in [-0.1, -0.05) is 74.5 Å². The summed E-state index contributed by atoms with van der Waals surface area (Å²) in [5.41, 5.74) is 2.51. The Morgan fingerprint density at radius 3 is 1.77 bits per heavy atom. The van der Waals surface area contributed by atoms with Crippen LogP contribution in [0.4, 0.5) is 0 Å². The Labute approximate surface area is 157 Å². The van der Waals surface area contributed by atoms with Crippen molar-refractivity contribution in [2.75, 3.05) is 19.6 Å². The van der Waals surface area contributed by atoms with Crippen molar-refractivity contribution < 1.29 is 9.90 Å². The van der Waals surface area contributed by atoms with Crippen molar-refractivity contribution in [3.63, 3.8) is 0 Å². The van der Waals surface area contributed by atoms with Crippen molar-refractivity contribution >= 4 is 5.97 Å². The smallest absolute Gasteiger partial charge is 0.306 e. The number of carboxylic acid groups (broad SMARTS) is 1. The zero-order chi connectivity index (χ0) is 18.8. The van der Waals surface area contributed by atoms with E-state index < -0.39 is 5.97 Å². The molecule has 1 N–H and O–H groups in total. The topological polar surface area (TPSA) is 40.5 Å². The predicted octanol–water partition coefficient (Wildman–Crippen LogP) is 5.03. The number of benzene rings is 2. The maximum absolute atomic E-state index is 11.8. The normalized spacial score (nSPS) is 12.5. The highest BCUT2D eigenvalue weighted by molar-refractivity contribution is 5.69. The summed E-state index contributed by atoms with van der Waals surface area (Å²) < 4.78 is 0. The van der Waals surface area contributed by atoms with Gasteiger partial charge in [0.25, 0.3) is 0 Å². The fraction of sp³-hybridized carbons (Fsp3) is 0.435. The number of carboxylic acids is 1. The van der Waals surface area contributed by atoms with Crippen LogP contribution in [0.3, 0.4) is 0 Å². The molecule has 0 heterocycles. The van der Waals surface area contributed by atoms with Gasteiger partial charge in [0.2, 0.25) is 0 Å². The summed E-state index contributed by atoms with van der Waals surface area (Å²) in [4.78, 5) is 14.0. The first-order valence-electron chi connectivity index (χ1n) is 9.70. The largest absolute Gasteiger partial charge is 0.481 e. The molecule has 0 radical (unpaired) electrons. The molecule has 0 spiro atoms. The Balaban J connectivity index is 2.08. The molecule has 2 aromatic carbocycles. The van der Waals surface area contributed by atoms with Gasteiger partial charge < -0.3 is 10.0 Å². The second kappa shape index (κ2) is 10.8. The van der Waals surface area contributed by atoms with Gasteiger partial charge in [0.05, 0.1) is 5.92 Å². The SMILES string of the molecule is CCN(CC)CCC(CCC(c1ccccc1)c1ccccc1)C(=O)O. The number of hydrogen-bond acceptors (Lipinski definition) is 2. The van der Waals surface area contributed by atoms with E-state index in [-0.39, 0.29) is 11.8 Å². The molecule has 0 saturated carbocycles. The lowest BCUT2D eigenvalue weighted by Gasteiger charge is -2.23. The first-order valence-corrected chi connectivity index (χ1v) is 9.70. The molecule has 2 aromatic rings. The van der Waals surface area contributed by atoms with Gasteiger partial charge in [-0.25, -0.2) is 0 Å². The average molecular weight is 354 g/mol. The fourth-order valence-electron chi connectivity index (χ4n) is 3.53. The van der Waals surface area contributed by atoms with Gasteiger partial charge in [-0.15, -0.1) is 0 Å². The van der Waals surface area contributed by atoms with Crippen LogP contribution in [-0.2, 0) is 4.79 Å². The summed E-state index contributed by atoms with van der Waals surface area (Å²) in [5.74, 6) is -0.713. The molecule has 1 unspecified atom stereocenters. The number of rotatable bonds is 11. The molecule has 0 aromatic heterocycles. The van der Waals surface area contributed by atoms with Gasteiger partial charge in [0.1, 0.15) is 0 Å². The Kier molecular flexibility index (Phi) is 8.36. The minimum atomic E-state index is -0.669. The van der Waals surface area contributed by atoms with Gasteiger partial charge in [-0.05, 0) is 50.0 Å². The second-order valence-electron chi connectivity index (χ2n) is 6.80. The van der Waals surface area contributed by atoms with Crippen molar-refractivity contribution in [3.05, 3.63) is 71.8 Å². The van der Waals surface area contributed by atoms with Crippen LogP contribution >= 0.6 is 0 Å². The van der Waals surface area contributed by atoms with Crippen LogP contribution in [0.25, 0.3) is 0 Å². The number of nitrogens with zero attached hydrogens (tertiary/aromatic N) is 1. The molecule has 0 saturated heterocycles. The summed E-state index contributed by atoms with van der Waals surface area (Å²) in [6, 6.07) is 20.8. The molecule has 0 amide bonds. The molecule has 1 atom stereocenters. The molecular formula is C23H31NO2. The van der Waals surface area contributed by atoms with E-state index in [1.54, 1.807) is 0 Å². The standard InChI is InChI=1S/C23H31NO2/c1-3-24(4-2)18-17-21(23(25)26)15-16-22(19-11-7-5-8-12-19)20-13-9-6-10-14-20/h5-14,21-22H,3-4,15-18H2,1-2H3,(H,25,26). The monoisotopic (exact) mass is 353 g/mol. The third-order valence-corrected chi connectivity index (χ3v) is 5.25. The van der Waals surface area contributed by atoms with Crippen molar-refractivity contribution in [1.29, 1.82) is 0 Å². The van der Waals surface area contributed by atoms with Gasteiger partial charge in [-0.3, -0.25) is 4.79 Å². The van der Waals surface area contributed by atoms with E-state index in [1.807, 2.05) is 12.1 Å². The third kappa shape index (κ3) is 5.99. The lowest BCUT2D eigenvalue weighted by atomic mass is 9.84. The summed E-state index contributed by atoms with van der Waals surface area (Å²) in [6.07, 6.45) is 2.27. The summed E-state index contributed by atoms with van der Waals surface area (Å²) >= 11 is 0. The third-order valence-electron chi connectivity index (χ3n) is 5.25. The zero-order valence-corrected chi connectivity index (χ0v) is 16.0. The minimum Gasteiger partial charge on any atom is -0.481 e. The Morgan fingerprint density at radius 2 is 1.35 bits per heavy atom. The van der Waals surface area contributed by atoms with Crippen LogP contribution in [0.15, 0.2) is 60.7 Å². The predicted molar refractivity (Wildman–Crippen MR) is 107 cm³/mol. The maximum atomic E-state index is 11.8. The van der Waals surface area contributed by atoms with Crippen molar-refractivity contribution in [2.24, 2.45) is 5.92 Å². The highest BCUT2D eigenvalue weighted by Gasteiger charge is 2.22. The summed E-state index contributed by atoms with van der Waals surface area (Å²) in [6.45, 7) is 7.05. The van der Waals surface area contributed by atoms with Crippen molar-refractivity contribution in [3.8, 4) is 0 Å². The lowest BCUT2D eigenvalue weighted by molar-refractivity contribution is -0.142. The zero-order valence-electron chi connectivity index (χ0n) is 16.0. The van der Waals surface area contributed by atoms with Crippen LogP contribution < -0.4 is 0 Å². The number of carbonyl (C=O) groups is 1. The Morgan fingerprint density at radius 1 is 0.846 bits per heavy atom. The molecule has 0 fully saturated rings. The van der Waals surface area contributed by atoms with E-state index in [4.69, 9.17) is 0 Å². The molecule has 0 aliphatic heterocycles. The second-order valence-corrected chi connectivity index (χ2v) is 6.80. The highest BCUT2D eigenvalue weighted by atomic mass is 16.4. The molecule has 0 aliphatic carbocycles. The van der Waals surface area contributed by atoms with Crippen molar-refractivity contribution in [2.45, 2.75) is 39.0 Å². The maximum Gasteiger partial charge on any atom is 0.306 e. The molecule has 3 heteroatoms. The highest BCUT2D eigenvalue weighted by Crippen LogP contribution is 2.31. The van der Waals surface area contributed by atoms with E-state index in [1.165, 1.54) is 11.1 Å². The Bertz CT molecular complexity index is 598. The van der Waals surface area contributed by atoms with E-state index in [2.05, 4.69) is 67.3 Å². The van der Waals surface area contributed by atoms with E-state index in [9.17, 15) is 9.90 Å². The van der Waals surface area contributed by atoms with Gasteiger partial charge in [0.15, 0.2) is 0 Å². The first-order chi connectivity index (χ1) is 12.7. The molecule has 3 nitrogen and oxygen atoms in total. The van der Waals surface area contributed by atoms with Crippen LogP contribution in [0.5, 0.6) is 0 Å². The first kappa shape index (κ1) is 20.2. The number of aliphatic carboxylic acids is 1. The summed E-state index contributed by atoms with van der Waals surface area (Å²) in [7, 11) is 0. The fourth-order valence-corrected chi connectivity index (χ4v) is 3.53. The molecule has 2 rings (SSSR count). The molecule has 26 heavy (non-hydrogen) atoms. The average Bonchev–Trinajstić information content (AvgIpc) is 2.68. The van der Waals surface area contributed by atoms with E-state index in [0.717, 1.165) is 26.1 Å². The lowest BCUT2D eigenvalue weighted by Crippen LogP contribution is -2.28. The van der Waals surface area contributed by atoms with Gasteiger partial charge in [-0.2, -0.15) is 0 Å². The molecule has 0 aliphatic rings.